The number of nitrogens with zero attached hydrogens (tertiary/aromatic N) is 2. The second-order valence-electron chi connectivity index (χ2n) is 3.62. The Morgan fingerprint density at radius 3 is 3.07 bits per heavy atom. The monoisotopic (exact) mass is 209 g/mol. The number of aryl methyl sites for hydroxylation is 1. The largest absolute Gasteiger partial charge is 0.313 e. The number of aromatic nitrogens is 2. The number of thioether (sulfide) groups is 1. The molecule has 14 heavy (non-hydrogen) atoms. The van der Waals surface area contributed by atoms with Crippen molar-refractivity contribution in [3.05, 3.63) is 17.8 Å². The first kappa shape index (κ1) is 9.93. The van der Waals surface area contributed by atoms with Gasteiger partial charge in [0.25, 0.3) is 0 Å². The third kappa shape index (κ3) is 2.69. The normalized spacial score (nSPS) is 21.4. The third-order valence-electron chi connectivity index (χ3n) is 2.37. The lowest BCUT2D eigenvalue weighted by molar-refractivity contribution is 0.673. The maximum absolute atomic E-state index is 4.12. The van der Waals surface area contributed by atoms with E-state index < -0.39 is 0 Å². The molecular weight excluding hydrogens is 194 g/mol. The standard InChI is InChI=1S/C10H15N3S/c1-8-4-5-10(13-12-8)14-7-9-3-2-6-11-9/h4-5,9,11H,2-3,6-7H2,1H3/t9-/m0/s1. The molecule has 0 aliphatic carbocycles. The predicted octanol–water partition coefficient (Wildman–Crippen LogP) is 1.63. The summed E-state index contributed by atoms with van der Waals surface area (Å²) >= 11 is 1.79. The molecule has 0 unspecified atom stereocenters. The summed E-state index contributed by atoms with van der Waals surface area (Å²) in [5.41, 5.74) is 0.980. The Morgan fingerprint density at radius 2 is 2.43 bits per heavy atom. The fourth-order valence-corrected chi connectivity index (χ4v) is 2.47. The van der Waals surface area contributed by atoms with Crippen LogP contribution in [0.2, 0.25) is 0 Å². The van der Waals surface area contributed by atoms with E-state index in [2.05, 4.69) is 15.5 Å². The van der Waals surface area contributed by atoms with Crippen LogP contribution in [0.5, 0.6) is 0 Å². The van der Waals surface area contributed by atoms with Gasteiger partial charge < -0.3 is 5.32 Å². The van der Waals surface area contributed by atoms with Gasteiger partial charge in [-0.3, -0.25) is 0 Å². The lowest BCUT2D eigenvalue weighted by Crippen LogP contribution is -2.23. The molecule has 1 aliphatic heterocycles. The van der Waals surface area contributed by atoms with Gasteiger partial charge in [-0.15, -0.1) is 16.9 Å². The van der Waals surface area contributed by atoms with E-state index >= 15 is 0 Å². The van der Waals surface area contributed by atoms with Gasteiger partial charge >= 0.3 is 0 Å². The maximum atomic E-state index is 4.12. The van der Waals surface area contributed by atoms with Gasteiger partial charge in [0.1, 0.15) is 5.03 Å². The van der Waals surface area contributed by atoms with Gasteiger partial charge in [-0.05, 0) is 38.4 Å². The Labute approximate surface area is 88.7 Å². The van der Waals surface area contributed by atoms with E-state index in [1.807, 2.05) is 19.1 Å². The minimum Gasteiger partial charge on any atom is -0.313 e. The molecule has 1 fully saturated rings. The van der Waals surface area contributed by atoms with E-state index in [4.69, 9.17) is 0 Å². The summed E-state index contributed by atoms with van der Waals surface area (Å²) in [6, 6.07) is 4.72. The topological polar surface area (TPSA) is 37.8 Å². The van der Waals surface area contributed by atoms with Gasteiger partial charge in [0.15, 0.2) is 0 Å². The molecule has 76 valence electrons. The second-order valence-corrected chi connectivity index (χ2v) is 4.66. The molecule has 2 heterocycles. The molecule has 1 N–H and O–H groups in total. The average Bonchev–Trinajstić information content (AvgIpc) is 2.70. The Morgan fingerprint density at radius 1 is 1.50 bits per heavy atom. The summed E-state index contributed by atoms with van der Waals surface area (Å²) in [4.78, 5) is 0. The summed E-state index contributed by atoms with van der Waals surface area (Å²) < 4.78 is 0. The molecule has 0 spiro atoms. The molecule has 2 rings (SSSR count). The Bertz CT molecular complexity index is 280. The van der Waals surface area contributed by atoms with Crippen LogP contribution in [0.3, 0.4) is 0 Å². The quantitative estimate of drug-likeness (QED) is 0.768. The molecule has 0 saturated carbocycles. The number of hydrogen-bond donors (Lipinski definition) is 1. The molecule has 4 heteroatoms. The zero-order valence-electron chi connectivity index (χ0n) is 8.36. The van der Waals surface area contributed by atoms with Crippen molar-refractivity contribution < 1.29 is 0 Å². The van der Waals surface area contributed by atoms with E-state index in [1.165, 1.54) is 19.4 Å². The van der Waals surface area contributed by atoms with E-state index in [-0.39, 0.29) is 0 Å². The fourth-order valence-electron chi connectivity index (χ4n) is 1.55. The van der Waals surface area contributed by atoms with E-state index in [9.17, 15) is 0 Å². The highest BCUT2D eigenvalue weighted by Crippen LogP contribution is 2.18. The van der Waals surface area contributed by atoms with Crippen molar-refractivity contribution >= 4 is 11.8 Å². The first-order chi connectivity index (χ1) is 6.84. The van der Waals surface area contributed by atoms with Gasteiger partial charge in [0, 0.05) is 11.8 Å². The van der Waals surface area contributed by atoms with Crippen molar-refractivity contribution in [2.45, 2.75) is 30.8 Å². The summed E-state index contributed by atoms with van der Waals surface area (Å²) in [5, 5.41) is 12.7. The van der Waals surface area contributed by atoms with Crippen molar-refractivity contribution in [1.29, 1.82) is 0 Å². The summed E-state index contributed by atoms with van der Waals surface area (Å²) in [6.45, 7) is 3.13. The van der Waals surface area contributed by atoms with Crippen LogP contribution in [0.25, 0.3) is 0 Å². The molecule has 1 atom stereocenters. The maximum Gasteiger partial charge on any atom is 0.119 e. The minimum absolute atomic E-state index is 0.670. The molecule has 1 saturated heterocycles. The molecule has 1 aromatic heterocycles. The summed E-state index contributed by atoms with van der Waals surface area (Å²) in [5.74, 6) is 1.11. The zero-order chi connectivity index (χ0) is 9.80. The SMILES string of the molecule is Cc1ccc(SC[C@@H]2CCCN2)nn1. The van der Waals surface area contributed by atoms with Gasteiger partial charge in [-0.1, -0.05) is 0 Å². The zero-order valence-corrected chi connectivity index (χ0v) is 9.18. The van der Waals surface area contributed by atoms with Crippen LogP contribution in [0, 0.1) is 6.92 Å². The van der Waals surface area contributed by atoms with Crippen molar-refractivity contribution in [3.63, 3.8) is 0 Å². The summed E-state index contributed by atoms with van der Waals surface area (Å²) in [7, 11) is 0. The van der Waals surface area contributed by atoms with Crippen molar-refractivity contribution in [2.75, 3.05) is 12.3 Å². The molecule has 0 radical (unpaired) electrons. The first-order valence-corrected chi connectivity index (χ1v) is 6.00. The molecular formula is C10H15N3S. The van der Waals surface area contributed by atoms with Crippen LogP contribution in [0.1, 0.15) is 18.5 Å². The van der Waals surface area contributed by atoms with Crippen LogP contribution in [0.15, 0.2) is 17.2 Å². The van der Waals surface area contributed by atoms with E-state index in [1.54, 1.807) is 11.8 Å². The van der Waals surface area contributed by atoms with Crippen molar-refractivity contribution in [2.24, 2.45) is 0 Å². The molecule has 1 aromatic rings. The number of nitrogens with one attached hydrogen (secondary N) is 1. The van der Waals surface area contributed by atoms with Crippen molar-refractivity contribution in [3.8, 4) is 0 Å². The minimum atomic E-state index is 0.670. The van der Waals surface area contributed by atoms with E-state index in [0.29, 0.717) is 6.04 Å². The number of rotatable bonds is 3. The highest BCUT2D eigenvalue weighted by molar-refractivity contribution is 7.99. The molecule has 0 amide bonds. The van der Waals surface area contributed by atoms with Gasteiger partial charge in [-0.25, -0.2) is 0 Å². The summed E-state index contributed by atoms with van der Waals surface area (Å²) in [6.07, 6.45) is 2.61. The van der Waals surface area contributed by atoms with Crippen LogP contribution in [-0.4, -0.2) is 28.5 Å². The Kier molecular flexibility index (Phi) is 3.37. The van der Waals surface area contributed by atoms with Crippen molar-refractivity contribution in [1.82, 2.24) is 15.5 Å². The van der Waals surface area contributed by atoms with Gasteiger partial charge in [0.05, 0.1) is 5.69 Å². The smallest absolute Gasteiger partial charge is 0.119 e. The third-order valence-corrected chi connectivity index (χ3v) is 3.45. The Hall–Kier alpha value is -0.610. The molecule has 3 nitrogen and oxygen atoms in total. The highest BCUT2D eigenvalue weighted by atomic mass is 32.2. The fraction of sp³-hybridized carbons (Fsp3) is 0.600. The molecule has 0 bridgehead atoms. The van der Waals surface area contributed by atoms with Crippen LogP contribution >= 0.6 is 11.8 Å². The first-order valence-electron chi connectivity index (χ1n) is 5.01. The highest BCUT2D eigenvalue weighted by Gasteiger charge is 2.14. The molecule has 0 aromatic carbocycles. The molecule has 1 aliphatic rings. The van der Waals surface area contributed by atoms with Crippen LogP contribution in [-0.2, 0) is 0 Å². The lowest BCUT2D eigenvalue weighted by Gasteiger charge is -2.07. The lowest BCUT2D eigenvalue weighted by atomic mass is 10.3. The Balaban J connectivity index is 1.82. The number of hydrogen-bond acceptors (Lipinski definition) is 4. The second kappa shape index (κ2) is 4.75. The van der Waals surface area contributed by atoms with E-state index in [0.717, 1.165) is 16.5 Å². The average molecular weight is 209 g/mol. The van der Waals surface area contributed by atoms with Crippen LogP contribution < -0.4 is 5.32 Å². The van der Waals surface area contributed by atoms with Gasteiger partial charge in [0.2, 0.25) is 0 Å². The predicted molar refractivity (Wildman–Crippen MR) is 58.5 cm³/mol. The van der Waals surface area contributed by atoms with Gasteiger partial charge in [-0.2, -0.15) is 5.10 Å². The van der Waals surface area contributed by atoms with Crippen LogP contribution in [0.4, 0.5) is 0 Å².